The second-order valence-corrected chi connectivity index (χ2v) is 5.48. The van der Waals surface area contributed by atoms with Crippen LogP contribution in [0.2, 0.25) is 0 Å². The van der Waals surface area contributed by atoms with Crippen LogP contribution in [0.1, 0.15) is 0 Å². The summed E-state index contributed by atoms with van der Waals surface area (Å²) in [5, 5.41) is 8.37. The predicted octanol–water partition coefficient (Wildman–Crippen LogP) is 0.390. The van der Waals surface area contributed by atoms with Gasteiger partial charge >= 0.3 is 5.97 Å². The average Bonchev–Trinajstić information content (AvgIpc) is 2.71. The number of hydrogen-bond acceptors (Lipinski definition) is 9. The Kier molecular flexibility index (Phi) is 24.0. The van der Waals surface area contributed by atoms with Gasteiger partial charge in [0.05, 0.1) is 99.1 Å². The van der Waals surface area contributed by atoms with E-state index in [1.54, 1.807) is 6.08 Å². The lowest BCUT2D eigenvalue weighted by Crippen LogP contribution is -2.15. The molecule has 0 aliphatic rings. The lowest BCUT2D eigenvalue weighted by atomic mass is 10.6. The van der Waals surface area contributed by atoms with Gasteiger partial charge < -0.3 is 43.0 Å². The van der Waals surface area contributed by atoms with E-state index < -0.39 is 5.97 Å². The number of carboxylic acid groups (broad SMARTS) is 1. The van der Waals surface area contributed by atoms with Crippen molar-refractivity contribution >= 4 is 5.97 Å². The molecular weight excluding hydrogens is 388 g/mol. The van der Waals surface area contributed by atoms with Crippen LogP contribution in [0.25, 0.3) is 0 Å². The molecule has 0 radical (unpaired) electrons. The van der Waals surface area contributed by atoms with Gasteiger partial charge in [0.1, 0.15) is 6.61 Å². The molecule has 0 amide bonds. The Morgan fingerprint density at radius 1 is 0.552 bits per heavy atom. The monoisotopic (exact) mass is 424 g/mol. The summed E-state index contributed by atoms with van der Waals surface area (Å²) in [4.78, 5) is 10.2. The fraction of sp³-hybridized carbons (Fsp3) is 0.842. The van der Waals surface area contributed by atoms with Crippen LogP contribution in [0.3, 0.4) is 0 Å². The fourth-order valence-electron chi connectivity index (χ4n) is 1.76. The first-order valence-corrected chi connectivity index (χ1v) is 9.72. The van der Waals surface area contributed by atoms with Crippen LogP contribution in [-0.2, 0) is 42.7 Å². The van der Waals surface area contributed by atoms with Crippen molar-refractivity contribution in [3.05, 3.63) is 12.7 Å². The molecule has 0 saturated heterocycles. The molecule has 0 atom stereocenters. The summed E-state index contributed by atoms with van der Waals surface area (Å²) in [7, 11) is 0. The smallest absolute Gasteiger partial charge is 0.329 e. The molecule has 0 aliphatic carbocycles. The molecule has 0 aromatic carbocycles. The molecule has 29 heavy (non-hydrogen) atoms. The van der Waals surface area contributed by atoms with Gasteiger partial charge in [-0.1, -0.05) is 6.08 Å². The van der Waals surface area contributed by atoms with Crippen molar-refractivity contribution in [1.82, 2.24) is 0 Å². The maximum absolute atomic E-state index is 10.2. The van der Waals surface area contributed by atoms with Crippen molar-refractivity contribution < 1.29 is 47.8 Å². The molecule has 0 fully saturated rings. The highest BCUT2D eigenvalue weighted by Crippen LogP contribution is 1.85. The maximum Gasteiger partial charge on any atom is 0.329 e. The van der Waals surface area contributed by atoms with Crippen molar-refractivity contribution in [2.75, 3.05) is 106 Å². The normalized spacial score (nSPS) is 11.0. The largest absolute Gasteiger partial charge is 0.480 e. The summed E-state index contributed by atoms with van der Waals surface area (Å²) in [5.74, 6) is -0.991. The van der Waals surface area contributed by atoms with Gasteiger partial charge in [-0.15, -0.1) is 6.58 Å². The second kappa shape index (κ2) is 24.9. The molecule has 0 bridgehead atoms. The van der Waals surface area contributed by atoms with Crippen molar-refractivity contribution in [3.8, 4) is 0 Å². The SMILES string of the molecule is C=CCOCCOCCOCCOCCOCCOCCOCCOCC(=O)O. The number of ether oxygens (including phenoxy) is 8. The summed E-state index contributed by atoms with van der Waals surface area (Å²) in [6, 6.07) is 0. The third kappa shape index (κ3) is 26.9. The van der Waals surface area contributed by atoms with E-state index in [0.717, 1.165) is 0 Å². The zero-order valence-corrected chi connectivity index (χ0v) is 17.2. The van der Waals surface area contributed by atoms with Crippen molar-refractivity contribution in [1.29, 1.82) is 0 Å². The van der Waals surface area contributed by atoms with Gasteiger partial charge in [-0.3, -0.25) is 0 Å². The van der Waals surface area contributed by atoms with Gasteiger partial charge in [0.15, 0.2) is 0 Å². The molecule has 0 saturated carbocycles. The molecule has 0 aromatic heterocycles. The number of aliphatic carboxylic acids is 1. The van der Waals surface area contributed by atoms with Crippen molar-refractivity contribution in [3.63, 3.8) is 0 Å². The van der Waals surface area contributed by atoms with E-state index in [9.17, 15) is 4.79 Å². The Morgan fingerprint density at radius 3 is 1.10 bits per heavy atom. The minimum Gasteiger partial charge on any atom is -0.480 e. The molecular formula is C19H36O10. The minimum absolute atomic E-state index is 0.250. The maximum atomic E-state index is 10.2. The quantitative estimate of drug-likeness (QED) is 0.163. The van der Waals surface area contributed by atoms with E-state index in [2.05, 4.69) is 6.58 Å². The van der Waals surface area contributed by atoms with Crippen LogP contribution >= 0.6 is 0 Å². The predicted molar refractivity (Wildman–Crippen MR) is 104 cm³/mol. The molecule has 0 rings (SSSR count). The van der Waals surface area contributed by atoms with E-state index >= 15 is 0 Å². The second-order valence-electron chi connectivity index (χ2n) is 5.48. The lowest BCUT2D eigenvalue weighted by molar-refractivity contribution is -0.142. The number of carbonyl (C=O) groups is 1. The zero-order valence-electron chi connectivity index (χ0n) is 17.2. The molecule has 1 N–H and O–H groups in total. The van der Waals surface area contributed by atoms with E-state index in [0.29, 0.717) is 92.5 Å². The molecule has 0 spiro atoms. The Balaban J connectivity index is 3.00. The Labute approximate surface area is 172 Å². The van der Waals surface area contributed by atoms with E-state index in [4.69, 9.17) is 43.0 Å². The highest BCUT2D eigenvalue weighted by Gasteiger charge is 1.96. The third-order valence-electron chi connectivity index (χ3n) is 3.07. The molecule has 10 nitrogen and oxygen atoms in total. The minimum atomic E-state index is -0.991. The van der Waals surface area contributed by atoms with Crippen LogP contribution in [0.5, 0.6) is 0 Å². The number of rotatable bonds is 25. The Hall–Kier alpha value is -1.11. The van der Waals surface area contributed by atoms with E-state index in [-0.39, 0.29) is 13.2 Å². The summed E-state index contributed by atoms with van der Waals surface area (Å²) >= 11 is 0. The van der Waals surface area contributed by atoms with Gasteiger partial charge in [-0.2, -0.15) is 0 Å². The van der Waals surface area contributed by atoms with Gasteiger partial charge in [-0.05, 0) is 0 Å². The van der Waals surface area contributed by atoms with E-state index in [1.807, 2.05) is 0 Å². The molecule has 0 heterocycles. The molecule has 0 aliphatic heterocycles. The van der Waals surface area contributed by atoms with Crippen LogP contribution in [0.4, 0.5) is 0 Å². The highest BCUT2D eigenvalue weighted by atomic mass is 16.6. The van der Waals surface area contributed by atoms with Crippen LogP contribution in [-0.4, -0.2) is 117 Å². The van der Waals surface area contributed by atoms with E-state index in [1.165, 1.54) is 0 Å². The van der Waals surface area contributed by atoms with Crippen molar-refractivity contribution in [2.45, 2.75) is 0 Å². The van der Waals surface area contributed by atoms with Gasteiger partial charge in [0.25, 0.3) is 0 Å². The molecule has 10 heteroatoms. The third-order valence-corrected chi connectivity index (χ3v) is 3.07. The number of carboxylic acids is 1. The van der Waals surface area contributed by atoms with Crippen LogP contribution < -0.4 is 0 Å². The van der Waals surface area contributed by atoms with Crippen LogP contribution in [0, 0.1) is 0 Å². The van der Waals surface area contributed by atoms with Gasteiger partial charge in [0.2, 0.25) is 0 Å². The molecule has 172 valence electrons. The summed E-state index contributed by atoms with van der Waals surface area (Å²) in [6.07, 6.45) is 1.70. The summed E-state index contributed by atoms with van der Waals surface area (Å²) < 4.78 is 42.0. The first-order valence-electron chi connectivity index (χ1n) is 9.72. The van der Waals surface area contributed by atoms with Gasteiger partial charge in [-0.25, -0.2) is 4.79 Å². The van der Waals surface area contributed by atoms with Crippen molar-refractivity contribution in [2.24, 2.45) is 0 Å². The topological polar surface area (TPSA) is 111 Å². The highest BCUT2D eigenvalue weighted by molar-refractivity contribution is 5.67. The lowest BCUT2D eigenvalue weighted by Gasteiger charge is -2.08. The average molecular weight is 424 g/mol. The first kappa shape index (κ1) is 27.9. The van der Waals surface area contributed by atoms with Crippen LogP contribution in [0.15, 0.2) is 12.7 Å². The summed E-state index contributed by atoms with van der Waals surface area (Å²) in [6.45, 7) is 10.4. The van der Waals surface area contributed by atoms with Gasteiger partial charge in [0, 0.05) is 0 Å². The number of hydrogen-bond donors (Lipinski definition) is 1. The fourth-order valence-corrected chi connectivity index (χ4v) is 1.76. The zero-order chi connectivity index (χ0) is 21.3. The summed E-state index contributed by atoms with van der Waals surface area (Å²) in [5.41, 5.74) is 0. The Bertz CT molecular complexity index is 354. The first-order chi connectivity index (χ1) is 14.3. The standard InChI is InChI=1S/C19H36O10/c1-2-3-22-4-5-23-6-7-24-8-9-25-10-11-26-12-13-27-14-15-28-16-17-29-18-19(20)21/h2H,1,3-18H2,(H,20,21). The molecule has 0 unspecified atom stereocenters. The Morgan fingerprint density at radius 2 is 0.828 bits per heavy atom. The molecule has 0 aromatic rings.